The number of likely N-dealkylation sites (tertiary alicyclic amines) is 1. The van der Waals surface area contributed by atoms with Crippen LogP contribution >= 0.6 is 0 Å². The van der Waals surface area contributed by atoms with E-state index in [1.165, 1.54) is 0 Å². The number of amides is 1. The molecule has 5 heteroatoms. The molecule has 1 amide bonds. The van der Waals surface area contributed by atoms with Crippen molar-refractivity contribution in [2.45, 2.75) is 31.4 Å². The number of aromatic nitrogens is 1. The van der Waals surface area contributed by atoms with E-state index in [9.17, 15) is 9.90 Å². The summed E-state index contributed by atoms with van der Waals surface area (Å²) < 4.78 is 1.99. The molecule has 3 N–H and O–H groups in total. The SMILES string of the molecule is Nc1cc(C(=O)N2CC[C@H](O)C2)n(C2CC2)c1. The summed E-state index contributed by atoms with van der Waals surface area (Å²) >= 11 is 0. The van der Waals surface area contributed by atoms with Gasteiger partial charge in [0.15, 0.2) is 0 Å². The Morgan fingerprint density at radius 1 is 1.41 bits per heavy atom. The van der Waals surface area contributed by atoms with E-state index in [1.54, 1.807) is 11.0 Å². The molecule has 0 radical (unpaired) electrons. The molecule has 0 aromatic carbocycles. The molecule has 1 aromatic rings. The van der Waals surface area contributed by atoms with E-state index >= 15 is 0 Å². The number of anilines is 1. The molecule has 1 aromatic heterocycles. The molecule has 2 fully saturated rings. The highest BCUT2D eigenvalue weighted by atomic mass is 16.3. The molecule has 3 rings (SSSR count). The highest BCUT2D eigenvalue weighted by Crippen LogP contribution is 2.37. The fraction of sp³-hybridized carbons (Fsp3) is 0.583. The summed E-state index contributed by atoms with van der Waals surface area (Å²) in [6.07, 6.45) is 4.39. The van der Waals surface area contributed by atoms with Crippen LogP contribution in [0.2, 0.25) is 0 Å². The maximum absolute atomic E-state index is 12.3. The van der Waals surface area contributed by atoms with Crippen LogP contribution in [0.4, 0.5) is 5.69 Å². The molecular formula is C12H17N3O2. The number of aliphatic hydroxyl groups is 1. The van der Waals surface area contributed by atoms with Gasteiger partial charge in [0.05, 0.1) is 11.8 Å². The van der Waals surface area contributed by atoms with Crippen molar-refractivity contribution in [2.75, 3.05) is 18.8 Å². The summed E-state index contributed by atoms with van der Waals surface area (Å²) in [7, 11) is 0. The van der Waals surface area contributed by atoms with E-state index in [1.807, 2.05) is 10.8 Å². The Morgan fingerprint density at radius 2 is 2.18 bits per heavy atom. The summed E-state index contributed by atoms with van der Waals surface area (Å²) in [4.78, 5) is 14.0. The summed E-state index contributed by atoms with van der Waals surface area (Å²) in [5, 5.41) is 9.47. The van der Waals surface area contributed by atoms with E-state index in [2.05, 4.69) is 0 Å². The van der Waals surface area contributed by atoms with Gasteiger partial charge in [-0.2, -0.15) is 0 Å². The Balaban J connectivity index is 1.85. The molecule has 1 aliphatic heterocycles. The molecule has 17 heavy (non-hydrogen) atoms. The maximum Gasteiger partial charge on any atom is 0.270 e. The molecule has 1 aliphatic carbocycles. The van der Waals surface area contributed by atoms with Crippen LogP contribution in [0.15, 0.2) is 12.3 Å². The molecule has 1 saturated carbocycles. The summed E-state index contributed by atoms with van der Waals surface area (Å²) in [6, 6.07) is 2.18. The van der Waals surface area contributed by atoms with Gasteiger partial charge in [-0.25, -0.2) is 0 Å². The van der Waals surface area contributed by atoms with Crippen LogP contribution in [-0.2, 0) is 0 Å². The Bertz CT molecular complexity index is 451. The second kappa shape index (κ2) is 3.77. The normalized spacial score (nSPS) is 24.3. The van der Waals surface area contributed by atoms with Crippen LogP contribution in [-0.4, -0.2) is 39.7 Å². The van der Waals surface area contributed by atoms with Crippen LogP contribution in [0.3, 0.4) is 0 Å². The number of hydrogen-bond donors (Lipinski definition) is 2. The topological polar surface area (TPSA) is 71.5 Å². The van der Waals surface area contributed by atoms with E-state index in [4.69, 9.17) is 5.73 Å². The lowest BCUT2D eigenvalue weighted by atomic mass is 10.3. The zero-order chi connectivity index (χ0) is 12.0. The number of hydrogen-bond acceptors (Lipinski definition) is 3. The fourth-order valence-electron chi connectivity index (χ4n) is 2.42. The number of carbonyl (C=O) groups excluding carboxylic acids is 1. The highest BCUT2D eigenvalue weighted by molar-refractivity contribution is 5.94. The summed E-state index contributed by atoms with van der Waals surface area (Å²) in [5.74, 6) is -0.00912. The average Bonchev–Trinajstić information content (AvgIpc) is 2.94. The van der Waals surface area contributed by atoms with Gasteiger partial charge in [-0.3, -0.25) is 4.79 Å². The number of β-amino-alcohol motifs (C(OH)–C–C–N with tert-alkyl or cyclic N) is 1. The number of aliphatic hydroxyl groups excluding tert-OH is 1. The third-order valence-corrected chi connectivity index (χ3v) is 3.48. The number of nitrogens with zero attached hydrogens (tertiary/aromatic N) is 2. The Labute approximate surface area is 99.8 Å². The summed E-state index contributed by atoms with van der Waals surface area (Å²) in [5.41, 5.74) is 7.07. The van der Waals surface area contributed by atoms with E-state index < -0.39 is 0 Å². The predicted molar refractivity (Wildman–Crippen MR) is 63.6 cm³/mol. The predicted octanol–water partition coefficient (Wildman–Crippen LogP) is 0.612. The smallest absolute Gasteiger partial charge is 0.270 e. The van der Waals surface area contributed by atoms with Crippen molar-refractivity contribution >= 4 is 11.6 Å². The van der Waals surface area contributed by atoms with Gasteiger partial charge in [-0.05, 0) is 25.3 Å². The van der Waals surface area contributed by atoms with Crippen LogP contribution in [0.1, 0.15) is 35.8 Å². The second-order valence-corrected chi connectivity index (χ2v) is 4.99. The van der Waals surface area contributed by atoms with Gasteiger partial charge < -0.3 is 20.3 Å². The first kappa shape index (κ1) is 10.7. The van der Waals surface area contributed by atoms with E-state index in [0.29, 0.717) is 36.9 Å². The first-order valence-electron chi connectivity index (χ1n) is 6.10. The number of nitrogens with two attached hydrogens (primary N) is 1. The quantitative estimate of drug-likeness (QED) is 0.789. The second-order valence-electron chi connectivity index (χ2n) is 4.99. The van der Waals surface area contributed by atoms with E-state index in [-0.39, 0.29) is 12.0 Å². The zero-order valence-corrected chi connectivity index (χ0v) is 9.67. The number of nitrogen functional groups attached to an aromatic ring is 1. The van der Waals surface area contributed by atoms with Gasteiger partial charge in [0.2, 0.25) is 0 Å². The third-order valence-electron chi connectivity index (χ3n) is 3.48. The molecule has 0 spiro atoms. The van der Waals surface area contributed by atoms with Crippen LogP contribution in [0, 0.1) is 0 Å². The highest BCUT2D eigenvalue weighted by Gasteiger charge is 2.31. The third kappa shape index (κ3) is 1.91. The largest absolute Gasteiger partial charge is 0.397 e. The lowest BCUT2D eigenvalue weighted by Gasteiger charge is -2.16. The minimum atomic E-state index is -0.374. The van der Waals surface area contributed by atoms with Crippen molar-refractivity contribution in [3.63, 3.8) is 0 Å². The van der Waals surface area contributed by atoms with Gasteiger partial charge in [0, 0.05) is 25.3 Å². The van der Waals surface area contributed by atoms with Gasteiger partial charge in [-0.1, -0.05) is 0 Å². The fourth-order valence-corrected chi connectivity index (χ4v) is 2.42. The molecule has 2 heterocycles. The number of carbonyl (C=O) groups is 1. The minimum absolute atomic E-state index is 0.00912. The van der Waals surface area contributed by atoms with E-state index in [0.717, 1.165) is 12.8 Å². The lowest BCUT2D eigenvalue weighted by molar-refractivity contribution is 0.0754. The standard InChI is InChI=1S/C12H17N3O2/c13-8-5-11(15(6-8)9-1-2-9)12(17)14-4-3-10(16)7-14/h5-6,9-10,16H,1-4,7,13H2/t10-/m0/s1. The molecule has 0 unspecified atom stereocenters. The number of rotatable bonds is 2. The van der Waals surface area contributed by atoms with Gasteiger partial charge in [-0.15, -0.1) is 0 Å². The molecule has 2 aliphatic rings. The minimum Gasteiger partial charge on any atom is -0.397 e. The Kier molecular flexibility index (Phi) is 2.36. The lowest BCUT2D eigenvalue weighted by Crippen LogP contribution is -2.31. The first-order valence-corrected chi connectivity index (χ1v) is 6.10. The Morgan fingerprint density at radius 3 is 2.76 bits per heavy atom. The zero-order valence-electron chi connectivity index (χ0n) is 9.67. The van der Waals surface area contributed by atoms with Crippen LogP contribution < -0.4 is 5.73 Å². The van der Waals surface area contributed by atoms with Crippen molar-refractivity contribution in [3.8, 4) is 0 Å². The molecule has 1 atom stereocenters. The van der Waals surface area contributed by atoms with Crippen molar-refractivity contribution in [1.29, 1.82) is 0 Å². The molecule has 1 saturated heterocycles. The average molecular weight is 235 g/mol. The van der Waals surface area contributed by atoms with Gasteiger partial charge in [0.1, 0.15) is 5.69 Å². The van der Waals surface area contributed by atoms with Gasteiger partial charge in [0.25, 0.3) is 5.91 Å². The monoisotopic (exact) mass is 235 g/mol. The van der Waals surface area contributed by atoms with Crippen LogP contribution in [0.25, 0.3) is 0 Å². The van der Waals surface area contributed by atoms with Crippen molar-refractivity contribution < 1.29 is 9.90 Å². The maximum atomic E-state index is 12.3. The van der Waals surface area contributed by atoms with Crippen LogP contribution in [0.5, 0.6) is 0 Å². The molecule has 92 valence electrons. The molecule has 5 nitrogen and oxygen atoms in total. The summed E-state index contributed by atoms with van der Waals surface area (Å²) in [6.45, 7) is 1.07. The van der Waals surface area contributed by atoms with Crippen molar-refractivity contribution in [1.82, 2.24) is 9.47 Å². The first-order chi connectivity index (χ1) is 8.15. The molecule has 0 bridgehead atoms. The van der Waals surface area contributed by atoms with Crippen molar-refractivity contribution in [2.24, 2.45) is 0 Å². The Hall–Kier alpha value is -1.49. The van der Waals surface area contributed by atoms with Crippen molar-refractivity contribution in [3.05, 3.63) is 18.0 Å². The van der Waals surface area contributed by atoms with Gasteiger partial charge >= 0.3 is 0 Å². The molecular weight excluding hydrogens is 218 g/mol.